The summed E-state index contributed by atoms with van der Waals surface area (Å²) in [5, 5.41) is 13.4. The molecule has 0 aliphatic heterocycles. The second kappa shape index (κ2) is 8.30. The average Bonchev–Trinajstić information content (AvgIpc) is 2.55. The van der Waals surface area contributed by atoms with Gasteiger partial charge in [-0.2, -0.15) is 0 Å². The Labute approximate surface area is 138 Å². The maximum absolute atomic E-state index is 12.0. The highest BCUT2D eigenvalue weighted by Gasteiger charge is 2.08. The fraction of sp³-hybridized carbons (Fsp3) is 0.188. The minimum atomic E-state index is -0.451. The molecule has 0 saturated carbocycles. The molecule has 0 unspecified atom stereocenters. The van der Waals surface area contributed by atoms with E-state index in [0.717, 1.165) is 16.1 Å². The minimum absolute atomic E-state index is 0.0345. The zero-order chi connectivity index (χ0) is 16.7. The molecule has 0 aliphatic rings. The number of para-hydroxylation sites is 1. The number of rotatable bonds is 7. The molecule has 2 aromatic carbocycles. The first-order valence-electron chi connectivity index (χ1n) is 6.84. The summed E-state index contributed by atoms with van der Waals surface area (Å²) in [4.78, 5) is 23.0. The predicted octanol–water partition coefficient (Wildman–Crippen LogP) is 3.47. The molecular weight excluding hydrogens is 316 g/mol. The Morgan fingerprint density at radius 3 is 2.57 bits per heavy atom. The number of ether oxygens (including phenoxy) is 1. The van der Waals surface area contributed by atoms with Crippen molar-refractivity contribution >= 4 is 29.0 Å². The summed E-state index contributed by atoms with van der Waals surface area (Å²) in [5.74, 6) is 0.0796. The van der Waals surface area contributed by atoms with E-state index in [0.29, 0.717) is 6.61 Å². The third kappa shape index (κ3) is 5.08. The first kappa shape index (κ1) is 17.0. The van der Waals surface area contributed by atoms with E-state index in [1.165, 1.54) is 23.9 Å². The third-order valence-electron chi connectivity index (χ3n) is 3.01. The number of thioether (sulfide) groups is 1. The molecule has 0 atom stereocenters. The Morgan fingerprint density at radius 1 is 1.22 bits per heavy atom. The van der Waals surface area contributed by atoms with Crippen molar-refractivity contribution in [1.82, 2.24) is 0 Å². The van der Waals surface area contributed by atoms with Crippen LogP contribution in [0.1, 0.15) is 5.56 Å². The second-order valence-electron chi connectivity index (χ2n) is 4.68. The van der Waals surface area contributed by atoms with Crippen molar-refractivity contribution in [3.05, 3.63) is 64.2 Å². The van der Waals surface area contributed by atoms with Gasteiger partial charge in [-0.05, 0) is 18.2 Å². The normalized spacial score (nSPS) is 10.3. The van der Waals surface area contributed by atoms with Crippen LogP contribution in [0.3, 0.4) is 0 Å². The van der Waals surface area contributed by atoms with E-state index in [9.17, 15) is 14.9 Å². The summed E-state index contributed by atoms with van der Waals surface area (Å²) < 4.78 is 5.10. The highest BCUT2D eigenvalue weighted by molar-refractivity contribution is 8.00. The van der Waals surface area contributed by atoms with Gasteiger partial charge in [0, 0.05) is 35.4 Å². The molecule has 2 aromatic rings. The van der Waals surface area contributed by atoms with Gasteiger partial charge in [0.05, 0.1) is 17.3 Å². The van der Waals surface area contributed by atoms with E-state index in [1.54, 1.807) is 19.2 Å². The van der Waals surface area contributed by atoms with E-state index >= 15 is 0 Å². The van der Waals surface area contributed by atoms with E-state index in [1.807, 2.05) is 24.3 Å². The Kier molecular flexibility index (Phi) is 6.13. The molecule has 0 aromatic heterocycles. The Balaban J connectivity index is 1.91. The molecular formula is C16H16N2O4S. The smallest absolute Gasteiger partial charge is 0.269 e. The number of hydrogen-bond acceptors (Lipinski definition) is 5. The van der Waals surface area contributed by atoms with Crippen molar-refractivity contribution in [2.45, 2.75) is 11.5 Å². The van der Waals surface area contributed by atoms with Gasteiger partial charge in [-0.3, -0.25) is 14.9 Å². The Morgan fingerprint density at radius 2 is 1.91 bits per heavy atom. The molecule has 7 heteroatoms. The highest BCUT2D eigenvalue weighted by atomic mass is 32.2. The lowest BCUT2D eigenvalue weighted by Crippen LogP contribution is -2.15. The average molecular weight is 332 g/mol. The summed E-state index contributed by atoms with van der Waals surface area (Å²) in [5.41, 5.74) is 1.67. The van der Waals surface area contributed by atoms with Gasteiger partial charge < -0.3 is 10.1 Å². The predicted molar refractivity (Wildman–Crippen MR) is 89.6 cm³/mol. The van der Waals surface area contributed by atoms with Crippen LogP contribution < -0.4 is 5.32 Å². The fourth-order valence-corrected chi connectivity index (χ4v) is 2.62. The Hall–Kier alpha value is -2.38. The lowest BCUT2D eigenvalue weighted by molar-refractivity contribution is -0.384. The second-order valence-corrected chi connectivity index (χ2v) is 5.73. The number of carbonyl (C=O) groups is 1. The van der Waals surface area contributed by atoms with Gasteiger partial charge in [-0.25, -0.2) is 0 Å². The summed E-state index contributed by atoms with van der Waals surface area (Å²) in [6, 6.07) is 13.6. The number of amides is 1. The van der Waals surface area contributed by atoms with Gasteiger partial charge in [0.25, 0.3) is 5.69 Å². The van der Waals surface area contributed by atoms with Crippen LogP contribution in [0.15, 0.2) is 53.4 Å². The first-order chi connectivity index (χ1) is 11.1. The molecule has 1 N–H and O–H groups in total. The van der Waals surface area contributed by atoms with Gasteiger partial charge in [0.15, 0.2) is 0 Å². The number of nitro benzene ring substituents is 1. The van der Waals surface area contributed by atoms with Crippen LogP contribution >= 0.6 is 11.8 Å². The number of benzene rings is 2. The zero-order valence-corrected chi connectivity index (χ0v) is 13.3. The van der Waals surface area contributed by atoms with E-state index in [-0.39, 0.29) is 17.3 Å². The maximum atomic E-state index is 12.0. The maximum Gasteiger partial charge on any atom is 0.269 e. The molecule has 0 spiro atoms. The van der Waals surface area contributed by atoms with E-state index in [4.69, 9.17) is 4.74 Å². The molecule has 6 nitrogen and oxygen atoms in total. The number of carbonyl (C=O) groups excluding carboxylic acids is 1. The Bertz CT molecular complexity index is 689. The summed E-state index contributed by atoms with van der Waals surface area (Å²) in [7, 11) is 1.60. The fourth-order valence-electron chi connectivity index (χ4n) is 1.92. The van der Waals surface area contributed by atoms with Crippen molar-refractivity contribution in [3.8, 4) is 0 Å². The molecule has 0 radical (unpaired) electrons. The lowest BCUT2D eigenvalue weighted by atomic mass is 10.2. The number of nitro groups is 1. The number of nitrogens with one attached hydrogen (secondary N) is 1. The van der Waals surface area contributed by atoms with Gasteiger partial charge >= 0.3 is 0 Å². The number of anilines is 1. The number of non-ortho nitro benzene ring substituents is 1. The van der Waals surface area contributed by atoms with Crippen molar-refractivity contribution in [3.63, 3.8) is 0 Å². The van der Waals surface area contributed by atoms with E-state index < -0.39 is 4.92 Å². The molecule has 0 heterocycles. The minimum Gasteiger partial charge on any atom is -0.380 e. The van der Waals surface area contributed by atoms with Crippen molar-refractivity contribution in [2.75, 3.05) is 18.2 Å². The molecule has 2 rings (SSSR count). The molecule has 0 aliphatic carbocycles. The standard InChI is InChI=1S/C16H16N2O4S/c1-22-10-12-4-2-3-5-15(12)17-16(19)11-23-14-8-6-13(7-9-14)18(20)21/h2-9H,10-11H2,1H3,(H,17,19). The molecule has 120 valence electrons. The van der Waals surface area contributed by atoms with Crippen molar-refractivity contribution < 1.29 is 14.5 Å². The van der Waals surface area contributed by atoms with Crippen LogP contribution in [-0.4, -0.2) is 23.7 Å². The SMILES string of the molecule is COCc1ccccc1NC(=O)CSc1ccc([N+](=O)[O-])cc1. The first-order valence-corrected chi connectivity index (χ1v) is 7.82. The summed E-state index contributed by atoms with van der Waals surface area (Å²) in [6.45, 7) is 0.423. The van der Waals surface area contributed by atoms with Crippen LogP contribution in [-0.2, 0) is 16.1 Å². The van der Waals surface area contributed by atoms with Crippen LogP contribution in [0, 0.1) is 10.1 Å². The molecule has 0 bridgehead atoms. The van der Waals surface area contributed by atoms with Gasteiger partial charge in [0.2, 0.25) is 5.91 Å². The van der Waals surface area contributed by atoms with Crippen molar-refractivity contribution in [2.24, 2.45) is 0 Å². The summed E-state index contributed by atoms with van der Waals surface area (Å²) in [6.07, 6.45) is 0. The quantitative estimate of drug-likeness (QED) is 0.477. The van der Waals surface area contributed by atoms with Crippen LogP contribution in [0.5, 0.6) is 0 Å². The zero-order valence-electron chi connectivity index (χ0n) is 12.5. The molecule has 0 saturated heterocycles. The lowest BCUT2D eigenvalue weighted by Gasteiger charge is -2.10. The molecule has 1 amide bonds. The van der Waals surface area contributed by atoms with Gasteiger partial charge in [-0.15, -0.1) is 11.8 Å². The number of methoxy groups -OCH3 is 1. The van der Waals surface area contributed by atoms with Gasteiger partial charge in [-0.1, -0.05) is 18.2 Å². The molecule has 23 heavy (non-hydrogen) atoms. The van der Waals surface area contributed by atoms with Gasteiger partial charge in [0.1, 0.15) is 0 Å². The monoisotopic (exact) mass is 332 g/mol. The topological polar surface area (TPSA) is 81.5 Å². The highest BCUT2D eigenvalue weighted by Crippen LogP contribution is 2.22. The summed E-state index contributed by atoms with van der Waals surface area (Å²) >= 11 is 1.32. The van der Waals surface area contributed by atoms with Crippen molar-refractivity contribution in [1.29, 1.82) is 0 Å². The largest absolute Gasteiger partial charge is 0.380 e. The number of hydrogen-bond donors (Lipinski definition) is 1. The van der Waals surface area contributed by atoms with E-state index in [2.05, 4.69) is 5.32 Å². The number of nitrogens with zero attached hydrogens (tertiary/aromatic N) is 1. The van der Waals surface area contributed by atoms with Crippen LogP contribution in [0.25, 0.3) is 0 Å². The molecule has 0 fully saturated rings. The third-order valence-corrected chi connectivity index (χ3v) is 4.02. The van der Waals surface area contributed by atoms with Crippen LogP contribution in [0.2, 0.25) is 0 Å². The van der Waals surface area contributed by atoms with Crippen LogP contribution in [0.4, 0.5) is 11.4 Å².